The fourth-order valence-electron chi connectivity index (χ4n) is 2.70. The number of ether oxygens (including phenoxy) is 1. The number of halogens is 1. The fourth-order valence-corrected chi connectivity index (χ4v) is 2.70. The number of para-hydroxylation sites is 1. The van der Waals surface area contributed by atoms with Crippen molar-refractivity contribution in [3.63, 3.8) is 0 Å². The third-order valence-corrected chi connectivity index (χ3v) is 4.29. The number of nitrogens with zero attached hydrogens (tertiary/aromatic N) is 3. The number of aryl methyl sites for hydroxylation is 2. The van der Waals surface area contributed by atoms with Crippen LogP contribution in [0, 0.1) is 13.8 Å². The Kier molecular flexibility index (Phi) is 9.57. The zero-order chi connectivity index (χ0) is 19.1. The number of oxazole rings is 1. The van der Waals surface area contributed by atoms with Gasteiger partial charge in [-0.1, -0.05) is 18.2 Å². The Labute approximate surface area is 178 Å². The molecule has 150 valence electrons. The number of hydrogen-bond acceptors (Lipinski definition) is 5. The first kappa shape index (κ1) is 23.2. The van der Waals surface area contributed by atoms with Crippen molar-refractivity contribution in [1.82, 2.24) is 20.5 Å². The van der Waals surface area contributed by atoms with Gasteiger partial charge in [0.1, 0.15) is 11.5 Å². The van der Waals surface area contributed by atoms with Crippen molar-refractivity contribution in [2.75, 3.05) is 34.8 Å². The Hall–Kier alpha value is -1.81. The highest BCUT2D eigenvalue weighted by molar-refractivity contribution is 14.0. The first-order valence-electron chi connectivity index (χ1n) is 8.63. The van der Waals surface area contributed by atoms with E-state index < -0.39 is 0 Å². The second-order valence-electron chi connectivity index (χ2n) is 6.28. The van der Waals surface area contributed by atoms with E-state index in [4.69, 9.17) is 9.15 Å². The van der Waals surface area contributed by atoms with Crippen LogP contribution < -0.4 is 15.4 Å². The summed E-state index contributed by atoms with van der Waals surface area (Å²) in [5.74, 6) is 3.06. The summed E-state index contributed by atoms with van der Waals surface area (Å²) in [4.78, 5) is 10.8. The van der Waals surface area contributed by atoms with Crippen molar-refractivity contribution in [2.24, 2.45) is 4.99 Å². The predicted molar refractivity (Wildman–Crippen MR) is 119 cm³/mol. The lowest BCUT2D eigenvalue weighted by Crippen LogP contribution is -2.41. The molecule has 7 nitrogen and oxygen atoms in total. The molecule has 1 aromatic heterocycles. The Morgan fingerprint density at radius 3 is 2.52 bits per heavy atom. The molecule has 0 saturated carbocycles. The number of benzene rings is 1. The van der Waals surface area contributed by atoms with Crippen LogP contribution in [0.1, 0.15) is 29.0 Å². The minimum Gasteiger partial charge on any atom is -0.496 e. The Bertz CT molecular complexity index is 726. The van der Waals surface area contributed by atoms with E-state index in [1.54, 1.807) is 14.2 Å². The summed E-state index contributed by atoms with van der Waals surface area (Å²) >= 11 is 0. The minimum atomic E-state index is 0. The Balaban J connectivity index is 0.00000364. The first-order valence-corrected chi connectivity index (χ1v) is 8.63. The standard InChI is InChI=1S/C19H29N5O2.HI/c1-13-14(2)26-18(23-13)12-22-19(20-3)21-11-16(24(4)5)15-9-7-8-10-17(15)25-6;/h7-10,16H,11-12H2,1-6H3,(H2,20,21,22);1H. The number of aromatic nitrogens is 1. The van der Waals surface area contributed by atoms with Crippen molar-refractivity contribution in [2.45, 2.75) is 26.4 Å². The van der Waals surface area contributed by atoms with Gasteiger partial charge < -0.3 is 24.7 Å². The van der Waals surface area contributed by atoms with Gasteiger partial charge in [0.05, 0.1) is 25.4 Å². The summed E-state index contributed by atoms with van der Waals surface area (Å²) in [6, 6.07) is 8.19. The van der Waals surface area contributed by atoms with E-state index in [0.29, 0.717) is 24.9 Å². The summed E-state index contributed by atoms with van der Waals surface area (Å²) in [6.45, 7) is 5.00. The molecule has 1 heterocycles. The number of guanidine groups is 1. The van der Waals surface area contributed by atoms with Crippen molar-refractivity contribution < 1.29 is 9.15 Å². The van der Waals surface area contributed by atoms with Gasteiger partial charge in [-0.25, -0.2) is 4.98 Å². The number of rotatable bonds is 7. The van der Waals surface area contributed by atoms with Gasteiger partial charge in [-0.3, -0.25) is 4.99 Å². The van der Waals surface area contributed by atoms with Crippen LogP contribution in [0.15, 0.2) is 33.7 Å². The Morgan fingerprint density at radius 1 is 1.26 bits per heavy atom. The third kappa shape index (κ3) is 6.39. The van der Waals surface area contributed by atoms with Crippen LogP contribution in [0.25, 0.3) is 0 Å². The Morgan fingerprint density at radius 2 is 1.96 bits per heavy atom. The molecule has 0 fully saturated rings. The molecule has 0 aliphatic carbocycles. The summed E-state index contributed by atoms with van der Waals surface area (Å²) in [6.07, 6.45) is 0. The summed E-state index contributed by atoms with van der Waals surface area (Å²) in [7, 11) is 7.54. The average Bonchev–Trinajstić information content (AvgIpc) is 2.95. The molecule has 27 heavy (non-hydrogen) atoms. The van der Waals surface area contributed by atoms with Crippen LogP contribution in [-0.2, 0) is 6.54 Å². The molecule has 1 unspecified atom stereocenters. The van der Waals surface area contributed by atoms with E-state index in [9.17, 15) is 0 Å². The fraction of sp³-hybridized carbons (Fsp3) is 0.474. The van der Waals surface area contributed by atoms with Crippen LogP contribution >= 0.6 is 24.0 Å². The number of aliphatic imine (C=N–C) groups is 1. The maximum absolute atomic E-state index is 5.59. The molecular weight excluding hydrogens is 457 g/mol. The molecule has 0 radical (unpaired) electrons. The summed E-state index contributed by atoms with van der Waals surface area (Å²) < 4.78 is 11.1. The lowest BCUT2D eigenvalue weighted by Gasteiger charge is -2.27. The molecule has 8 heteroatoms. The van der Waals surface area contributed by atoms with E-state index in [1.165, 1.54) is 0 Å². The maximum Gasteiger partial charge on any atom is 0.214 e. The van der Waals surface area contributed by atoms with Crippen LogP contribution in [0.4, 0.5) is 0 Å². The van der Waals surface area contributed by atoms with Gasteiger partial charge >= 0.3 is 0 Å². The molecule has 0 bridgehead atoms. The lowest BCUT2D eigenvalue weighted by molar-refractivity contribution is 0.287. The molecule has 2 N–H and O–H groups in total. The molecular formula is C19H30IN5O2. The molecule has 0 aliphatic rings. The van der Waals surface area contributed by atoms with Gasteiger partial charge in [0.15, 0.2) is 5.96 Å². The number of likely N-dealkylation sites (N-methyl/N-ethyl adjacent to an activating group) is 1. The van der Waals surface area contributed by atoms with E-state index >= 15 is 0 Å². The smallest absolute Gasteiger partial charge is 0.214 e. The lowest BCUT2D eigenvalue weighted by atomic mass is 10.0. The summed E-state index contributed by atoms with van der Waals surface area (Å²) in [5, 5.41) is 6.60. The predicted octanol–water partition coefficient (Wildman–Crippen LogP) is 2.89. The van der Waals surface area contributed by atoms with Gasteiger partial charge in [0, 0.05) is 19.2 Å². The van der Waals surface area contributed by atoms with Crippen molar-refractivity contribution in [3.8, 4) is 5.75 Å². The second kappa shape index (κ2) is 11.1. The second-order valence-corrected chi connectivity index (χ2v) is 6.28. The molecule has 1 aromatic carbocycles. The minimum absolute atomic E-state index is 0. The summed E-state index contributed by atoms with van der Waals surface area (Å²) in [5.41, 5.74) is 2.04. The average molecular weight is 487 g/mol. The van der Waals surface area contributed by atoms with Crippen LogP contribution in [-0.4, -0.2) is 50.6 Å². The number of nitrogens with one attached hydrogen (secondary N) is 2. The van der Waals surface area contributed by atoms with Gasteiger partial charge in [-0.15, -0.1) is 24.0 Å². The molecule has 0 amide bonds. The highest BCUT2D eigenvalue weighted by atomic mass is 127. The first-order chi connectivity index (χ1) is 12.5. The van der Waals surface area contributed by atoms with Crippen LogP contribution in [0.2, 0.25) is 0 Å². The van der Waals surface area contributed by atoms with Gasteiger partial charge in [-0.2, -0.15) is 0 Å². The van der Waals surface area contributed by atoms with Gasteiger partial charge in [0.2, 0.25) is 5.89 Å². The highest BCUT2D eigenvalue weighted by Crippen LogP contribution is 2.27. The van der Waals surface area contributed by atoms with Gasteiger partial charge in [0.25, 0.3) is 0 Å². The van der Waals surface area contributed by atoms with Crippen molar-refractivity contribution in [1.29, 1.82) is 0 Å². The maximum atomic E-state index is 5.59. The van der Waals surface area contributed by atoms with Crippen molar-refractivity contribution >= 4 is 29.9 Å². The largest absolute Gasteiger partial charge is 0.496 e. The molecule has 0 saturated heterocycles. The number of hydrogen-bond donors (Lipinski definition) is 2. The molecule has 1 atom stereocenters. The van der Waals surface area contributed by atoms with E-state index in [2.05, 4.69) is 31.6 Å². The zero-order valence-electron chi connectivity index (χ0n) is 16.9. The number of methoxy groups -OCH3 is 1. The molecule has 0 aliphatic heterocycles. The van der Waals surface area contributed by atoms with Crippen LogP contribution in [0.5, 0.6) is 5.75 Å². The highest BCUT2D eigenvalue weighted by Gasteiger charge is 2.18. The molecule has 2 rings (SSSR count). The van der Waals surface area contributed by atoms with E-state index in [-0.39, 0.29) is 30.0 Å². The SMILES string of the molecule is CN=C(NCc1nc(C)c(C)o1)NCC(c1ccccc1OC)N(C)C.I. The molecule has 2 aromatic rings. The van der Waals surface area contributed by atoms with Crippen molar-refractivity contribution in [3.05, 3.63) is 47.2 Å². The van der Waals surface area contributed by atoms with E-state index in [0.717, 1.165) is 22.8 Å². The van der Waals surface area contributed by atoms with Gasteiger partial charge in [-0.05, 0) is 34.0 Å². The monoisotopic (exact) mass is 487 g/mol. The zero-order valence-corrected chi connectivity index (χ0v) is 19.2. The quantitative estimate of drug-likeness (QED) is 0.356. The van der Waals surface area contributed by atoms with Crippen LogP contribution in [0.3, 0.4) is 0 Å². The molecule has 0 spiro atoms. The van der Waals surface area contributed by atoms with E-state index in [1.807, 2.05) is 46.1 Å². The topological polar surface area (TPSA) is 74.9 Å². The third-order valence-electron chi connectivity index (χ3n) is 4.29. The normalized spacial score (nSPS) is 12.5.